The van der Waals surface area contributed by atoms with Crippen LogP contribution in [0.25, 0.3) is 11.1 Å². The molecule has 1 aliphatic carbocycles. The van der Waals surface area contributed by atoms with E-state index in [4.69, 9.17) is 5.73 Å². The van der Waals surface area contributed by atoms with Crippen LogP contribution in [-0.2, 0) is 6.42 Å². The standard InChI is InChI=1S/C15H16N2O/c1-9-12(5-7-15(16)17-9)10-2-4-13-11(8-10)3-6-14(13)18/h2,4-5,7-8,14,18H,3,6H2,1H3,(H2,16,17). The molecule has 1 atom stereocenters. The van der Waals surface area contributed by atoms with Gasteiger partial charge in [0.1, 0.15) is 5.82 Å². The van der Waals surface area contributed by atoms with Gasteiger partial charge >= 0.3 is 0 Å². The molecule has 0 fully saturated rings. The van der Waals surface area contributed by atoms with Crippen LogP contribution in [0, 0.1) is 6.92 Å². The van der Waals surface area contributed by atoms with Crippen LogP contribution in [0.5, 0.6) is 0 Å². The van der Waals surface area contributed by atoms with E-state index in [-0.39, 0.29) is 6.10 Å². The van der Waals surface area contributed by atoms with Gasteiger partial charge in [-0.05, 0) is 48.6 Å². The molecule has 3 rings (SSSR count). The molecule has 0 bridgehead atoms. The van der Waals surface area contributed by atoms with Gasteiger partial charge in [0, 0.05) is 11.3 Å². The number of benzene rings is 1. The molecule has 1 heterocycles. The highest BCUT2D eigenvalue weighted by Gasteiger charge is 2.20. The lowest BCUT2D eigenvalue weighted by atomic mass is 9.99. The number of anilines is 1. The van der Waals surface area contributed by atoms with E-state index in [9.17, 15) is 5.11 Å². The summed E-state index contributed by atoms with van der Waals surface area (Å²) in [4.78, 5) is 4.29. The molecule has 1 aliphatic rings. The summed E-state index contributed by atoms with van der Waals surface area (Å²) in [5.74, 6) is 0.549. The van der Waals surface area contributed by atoms with Crippen LogP contribution >= 0.6 is 0 Å². The highest BCUT2D eigenvalue weighted by Crippen LogP contribution is 2.34. The number of nitrogen functional groups attached to an aromatic ring is 1. The van der Waals surface area contributed by atoms with Crippen LogP contribution in [0.3, 0.4) is 0 Å². The first-order valence-electron chi connectivity index (χ1n) is 6.19. The number of hydrogen-bond acceptors (Lipinski definition) is 3. The van der Waals surface area contributed by atoms with Crippen molar-refractivity contribution in [3.05, 3.63) is 47.2 Å². The van der Waals surface area contributed by atoms with Gasteiger partial charge in [0.15, 0.2) is 0 Å². The smallest absolute Gasteiger partial charge is 0.123 e. The van der Waals surface area contributed by atoms with Crippen molar-refractivity contribution in [1.29, 1.82) is 0 Å². The van der Waals surface area contributed by atoms with Crippen molar-refractivity contribution in [1.82, 2.24) is 4.98 Å². The molecular weight excluding hydrogens is 224 g/mol. The molecule has 1 aromatic heterocycles. The molecule has 3 N–H and O–H groups in total. The second kappa shape index (κ2) is 4.10. The average Bonchev–Trinajstić information content (AvgIpc) is 2.71. The summed E-state index contributed by atoms with van der Waals surface area (Å²) in [6.45, 7) is 1.97. The van der Waals surface area contributed by atoms with E-state index in [0.717, 1.165) is 35.2 Å². The number of nitrogens with two attached hydrogens (primary N) is 1. The second-order valence-corrected chi connectivity index (χ2v) is 4.84. The monoisotopic (exact) mass is 240 g/mol. The average molecular weight is 240 g/mol. The minimum atomic E-state index is -0.292. The van der Waals surface area contributed by atoms with Crippen molar-refractivity contribution in [3.63, 3.8) is 0 Å². The Morgan fingerprint density at radius 3 is 2.89 bits per heavy atom. The highest BCUT2D eigenvalue weighted by molar-refractivity contribution is 5.68. The summed E-state index contributed by atoms with van der Waals surface area (Å²) in [5, 5.41) is 9.80. The Kier molecular flexibility index (Phi) is 2.56. The normalized spacial score (nSPS) is 17.8. The van der Waals surface area contributed by atoms with Gasteiger partial charge in [-0.1, -0.05) is 18.2 Å². The molecule has 2 aromatic rings. The zero-order valence-corrected chi connectivity index (χ0v) is 10.4. The summed E-state index contributed by atoms with van der Waals surface area (Å²) in [6.07, 6.45) is 1.49. The summed E-state index contributed by atoms with van der Waals surface area (Å²) in [7, 11) is 0. The van der Waals surface area contributed by atoms with Gasteiger partial charge in [-0.3, -0.25) is 0 Å². The van der Waals surface area contributed by atoms with Gasteiger partial charge in [-0.15, -0.1) is 0 Å². The molecule has 0 radical (unpaired) electrons. The molecule has 0 saturated heterocycles. The SMILES string of the molecule is Cc1nc(N)ccc1-c1ccc2c(c1)CCC2O. The third-order valence-electron chi connectivity index (χ3n) is 3.61. The number of fused-ring (bicyclic) bond motifs is 1. The predicted octanol–water partition coefficient (Wildman–Crippen LogP) is 2.62. The maximum atomic E-state index is 9.80. The van der Waals surface area contributed by atoms with E-state index in [1.165, 1.54) is 5.56 Å². The maximum absolute atomic E-state index is 9.80. The number of aryl methyl sites for hydroxylation is 2. The molecule has 0 amide bonds. The molecule has 92 valence electrons. The number of aliphatic hydroxyl groups is 1. The Labute approximate surface area is 106 Å². The highest BCUT2D eigenvalue weighted by atomic mass is 16.3. The number of aliphatic hydroxyl groups excluding tert-OH is 1. The fourth-order valence-electron chi connectivity index (χ4n) is 2.65. The summed E-state index contributed by atoms with van der Waals surface area (Å²) >= 11 is 0. The van der Waals surface area contributed by atoms with Crippen LogP contribution in [0.4, 0.5) is 5.82 Å². The zero-order chi connectivity index (χ0) is 12.7. The largest absolute Gasteiger partial charge is 0.388 e. The number of hydrogen-bond donors (Lipinski definition) is 2. The first-order valence-corrected chi connectivity index (χ1v) is 6.19. The predicted molar refractivity (Wildman–Crippen MR) is 72.1 cm³/mol. The van der Waals surface area contributed by atoms with Crippen LogP contribution in [0.2, 0.25) is 0 Å². The van der Waals surface area contributed by atoms with Crippen LogP contribution < -0.4 is 5.73 Å². The Balaban J connectivity index is 2.08. The Hall–Kier alpha value is -1.87. The number of rotatable bonds is 1. The lowest BCUT2D eigenvalue weighted by molar-refractivity contribution is 0.180. The van der Waals surface area contributed by atoms with Gasteiger partial charge in [0.2, 0.25) is 0 Å². The minimum absolute atomic E-state index is 0.292. The quantitative estimate of drug-likeness (QED) is 0.805. The molecule has 18 heavy (non-hydrogen) atoms. The third kappa shape index (κ3) is 1.77. The van der Waals surface area contributed by atoms with E-state index in [1.54, 1.807) is 0 Å². The van der Waals surface area contributed by atoms with Crippen molar-refractivity contribution in [2.75, 3.05) is 5.73 Å². The first kappa shape index (κ1) is 11.2. The number of nitrogens with zero attached hydrogens (tertiary/aromatic N) is 1. The first-order chi connectivity index (χ1) is 8.65. The molecule has 3 nitrogen and oxygen atoms in total. The van der Waals surface area contributed by atoms with Gasteiger partial charge < -0.3 is 10.8 Å². The van der Waals surface area contributed by atoms with Gasteiger partial charge in [-0.25, -0.2) is 4.98 Å². The molecule has 0 aliphatic heterocycles. The Morgan fingerprint density at radius 2 is 2.11 bits per heavy atom. The van der Waals surface area contributed by atoms with E-state index < -0.39 is 0 Å². The van der Waals surface area contributed by atoms with Crippen LogP contribution in [0.1, 0.15) is 29.3 Å². The van der Waals surface area contributed by atoms with Crippen molar-refractivity contribution < 1.29 is 5.11 Å². The molecule has 1 aromatic carbocycles. The Bertz CT molecular complexity index is 607. The molecular formula is C15H16N2O. The van der Waals surface area contributed by atoms with E-state index in [0.29, 0.717) is 5.82 Å². The van der Waals surface area contributed by atoms with E-state index in [1.807, 2.05) is 31.2 Å². The van der Waals surface area contributed by atoms with Gasteiger partial charge in [0.25, 0.3) is 0 Å². The van der Waals surface area contributed by atoms with Crippen molar-refractivity contribution in [2.45, 2.75) is 25.9 Å². The zero-order valence-electron chi connectivity index (χ0n) is 10.4. The van der Waals surface area contributed by atoms with Crippen molar-refractivity contribution >= 4 is 5.82 Å². The molecule has 0 saturated carbocycles. The maximum Gasteiger partial charge on any atom is 0.123 e. The van der Waals surface area contributed by atoms with Crippen molar-refractivity contribution in [2.24, 2.45) is 0 Å². The fourth-order valence-corrected chi connectivity index (χ4v) is 2.65. The fraction of sp³-hybridized carbons (Fsp3) is 0.267. The molecule has 3 heteroatoms. The summed E-state index contributed by atoms with van der Waals surface area (Å²) < 4.78 is 0. The molecule has 1 unspecified atom stereocenters. The Morgan fingerprint density at radius 1 is 1.28 bits per heavy atom. The minimum Gasteiger partial charge on any atom is -0.388 e. The van der Waals surface area contributed by atoms with Gasteiger partial charge in [-0.2, -0.15) is 0 Å². The van der Waals surface area contributed by atoms with Crippen LogP contribution in [-0.4, -0.2) is 10.1 Å². The van der Waals surface area contributed by atoms with Crippen LogP contribution in [0.15, 0.2) is 30.3 Å². The van der Waals surface area contributed by atoms with Crippen molar-refractivity contribution in [3.8, 4) is 11.1 Å². The molecule has 0 spiro atoms. The summed E-state index contributed by atoms with van der Waals surface area (Å²) in [6, 6.07) is 10.1. The lowest BCUT2D eigenvalue weighted by Gasteiger charge is -2.09. The summed E-state index contributed by atoms with van der Waals surface area (Å²) in [5.41, 5.74) is 11.2. The topological polar surface area (TPSA) is 59.1 Å². The number of pyridine rings is 1. The second-order valence-electron chi connectivity index (χ2n) is 4.84. The van der Waals surface area contributed by atoms with E-state index in [2.05, 4.69) is 11.1 Å². The number of aromatic nitrogens is 1. The van der Waals surface area contributed by atoms with Gasteiger partial charge in [0.05, 0.1) is 6.10 Å². The van der Waals surface area contributed by atoms with E-state index >= 15 is 0 Å². The third-order valence-corrected chi connectivity index (χ3v) is 3.61. The lowest BCUT2D eigenvalue weighted by Crippen LogP contribution is -1.95.